The third kappa shape index (κ3) is 4.33. The Morgan fingerprint density at radius 1 is 1.33 bits per heavy atom. The topological polar surface area (TPSA) is 67.6 Å². The number of halogens is 2. The van der Waals surface area contributed by atoms with Gasteiger partial charge < -0.3 is 10.1 Å². The van der Waals surface area contributed by atoms with Crippen LogP contribution in [0.1, 0.15) is 6.42 Å². The van der Waals surface area contributed by atoms with E-state index in [0.717, 1.165) is 32.1 Å². The van der Waals surface area contributed by atoms with Gasteiger partial charge in [0.25, 0.3) is 0 Å². The van der Waals surface area contributed by atoms with Crippen molar-refractivity contribution in [1.29, 1.82) is 0 Å². The standard InChI is InChI=1S/C13H17F2N3O3/c14-10-8-11(15)13(18(19)20)12(9-10)16-2-1-3-17-4-6-21-7-5-17/h8-9,16H,1-7H2. The van der Waals surface area contributed by atoms with Crippen LogP contribution in [0, 0.1) is 21.7 Å². The van der Waals surface area contributed by atoms with Crippen molar-refractivity contribution in [2.45, 2.75) is 6.42 Å². The van der Waals surface area contributed by atoms with Gasteiger partial charge in [0, 0.05) is 31.8 Å². The number of hydrogen-bond donors (Lipinski definition) is 1. The zero-order valence-corrected chi connectivity index (χ0v) is 11.5. The highest BCUT2D eigenvalue weighted by Gasteiger charge is 2.21. The number of ether oxygens (including phenoxy) is 1. The van der Waals surface area contributed by atoms with E-state index in [1.165, 1.54) is 0 Å². The minimum atomic E-state index is -1.17. The lowest BCUT2D eigenvalue weighted by Crippen LogP contribution is -2.37. The summed E-state index contributed by atoms with van der Waals surface area (Å²) in [7, 11) is 0. The minimum Gasteiger partial charge on any atom is -0.379 e. The summed E-state index contributed by atoms with van der Waals surface area (Å²) >= 11 is 0. The molecular formula is C13H17F2N3O3. The van der Waals surface area contributed by atoms with Crippen molar-refractivity contribution in [3.05, 3.63) is 33.9 Å². The van der Waals surface area contributed by atoms with Gasteiger partial charge in [-0.1, -0.05) is 0 Å². The first-order valence-electron chi connectivity index (χ1n) is 6.75. The summed E-state index contributed by atoms with van der Waals surface area (Å²) in [4.78, 5) is 12.2. The van der Waals surface area contributed by atoms with E-state index in [2.05, 4.69) is 10.2 Å². The predicted octanol–water partition coefficient (Wildman–Crippen LogP) is 2.01. The molecule has 0 unspecified atom stereocenters. The fourth-order valence-electron chi connectivity index (χ4n) is 2.24. The maximum atomic E-state index is 13.4. The van der Waals surface area contributed by atoms with Crippen molar-refractivity contribution >= 4 is 11.4 Å². The summed E-state index contributed by atoms with van der Waals surface area (Å²) in [6.07, 6.45) is 0.718. The molecular weight excluding hydrogens is 284 g/mol. The summed E-state index contributed by atoms with van der Waals surface area (Å²) in [6, 6.07) is 1.45. The highest BCUT2D eigenvalue weighted by atomic mass is 19.1. The molecule has 0 spiro atoms. The van der Waals surface area contributed by atoms with Gasteiger partial charge in [-0.05, 0) is 13.0 Å². The van der Waals surface area contributed by atoms with Crippen LogP contribution in [0.2, 0.25) is 0 Å². The molecule has 0 amide bonds. The van der Waals surface area contributed by atoms with Crippen molar-refractivity contribution in [2.24, 2.45) is 0 Å². The molecule has 0 aliphatic carbocycles. The second-order valence-corrected chi connectivity index (χ2v) is 4.78. The Balaban J connectivity index is 1.88. The third-order valence-electron chi connectivity index (χ3n) is 3.28. The van der Waals surface area contributed by atoms with Crippen molar-refractivity contribution in [1.82, 2.24) is 4.90 Å². The second-order valence-electron chi connectivity index (χ2n) is 4.78. The highest BCUT2D eigenvalue weighted by molar-refractivity contribution is 5.62. The van der Waals surface area contributed by atoms with Gasteiger partial charge in [-0.15, -0.1) is 0 Å². The average Bonchev–Trinajstić information content (AvgIpc) is 2.43. The molecule has 0 aromatic heterocycles. The first kappa shape index (κ1) is 15.6. The van der Waals surface area contributed by atoms with Gasteiger partial charge in [0.05, 0.1) is 18.1 Å². The van der Waals surface area contributed by atoms with Crippen molar-refractivity contribution in [2.75, 3.05) is 44.7 Å². The normalized spacial score (nSPS) is 15.9. The Morgan fingerprint density at radius 2 is 2.05 bits per heavy atom. The molecule has 1 heterocycles. The number of anilines is 1. The van der Waals surface area contributed by atoms with Crippen LogP contribution >= 0.6 is 0 Å². The van der Waals surface area contributed by atoms with Crippen LogP contribution in [0.4, 0.5) is 20.2 Å². The number of nitrogens with one attached hydrogen (secondary N) is 1. The molecule has 0 radical (unpaired) electrons. The molecule has 8 heteroatoms. The van der Waals surface area contributed by atoms with E-state index in [0.29, 0.717) is 25.8 Å². The van der Waals surface area contributed by atoms with E-state index in [-0.39, 0.29) is 5.69 Å². The molecule has 0 atom stereocenters. The maximum absolute atomic E-state index is 13.4. The highest BCUT2D eigenvalue weighted by Crippen LogP contribution is 2.28. The second kappa shape index (κ2) is 7.28. The van der Waals surface area contributed by atoms with Gasteiger partial charge in [-0.2, -0.15) is 4.39 Å². The Morgan fingerprint density at radius 3 is 2.71 bits per heavy atom. The van der Waals surface area contributed by atoms with Gasteiger partial charge >= 0.3 is 5.69 Å². The van der Waals surface area contributed by atoms with Crippen LogP contribution in [0.3, 0.4) is 0 Å². The lowest BCUT2D eigenvalue weighted by Gasteiger charge is -2.26. The van der Waals surface area contributed by atoms with E-state index in [1.54, 1.807) is 0 Å². The molecule has 6 nitrogen and oxygen atoms in total. The number of nitrogens with zero attached hydrogens (tertiary/aromatic N) is 2. The first-order valence-corrected chi connectivity index (χ1v) is 6.75. The molecule has 21 heavy (non-hydrogen) atoms. The largest absolute Gasteiger partial charge is 0.379 e. The minimum absolute atomic E-state index is 0.125. The van der Waals surface area contributed by atoms with Crippen molar-refractivity contribution in [3.63, 3.8) is 0 Å². The third-order valence-corrected chi connectivity index (χ3v) is 3.28. The molecule has 2 rings (SSSR count). The number of benzene rings is 1. The quantitative estimate of drug-likeness (QED) is 0.494. The fourth-order valence-corrected chi connectivity index (χ4v) is 2.24. The first-order chi connectivity index (χ1) is 10.1. The summed E-state index contributed by atoms with van der Waals surface area (Å²) in [6.45, 7) is 4.33. The lowest BCUT2D eigenvalue weighted by atomic mass is 10.2. The van der Waals surface area contributed by atoms with Crippen molar-refractivity contribution in [3.8, 4) is 0 Å². The van der Waals surface area contributed by atoms with Gasteiger partial charge in [0.1, 0.15) is 11.5 Å². The SMILES string of the molecule is O=[N+]([O-])c1c(F)cc(F)cc1NCCCN1CCOCC1. The Hall–Kier alpha value is -1.80. The van der Waals surface area contributed by atoms with Gasteiger partial charge in [0.15, 0.2) is 0 Å². The monoisotopic (exact) mass is 301 g/mol. The van der Waals surface area contributed by atoms with Gasteiger partial charge in [0.2, 0.25) is 5.82 Å². The fraction of sp³-hybridized carbons (Fsp3) is 0.538. The molecule has 0 saturated carbocycles. The maximum Gasteiger partial charge on any atom is 0.327 e. The Bertz CT molecular complexity index is 508. The van der Waals surface area contributed by atoms with E-state index < -0.39 is 22.2 Å². The smallest absolute Gasteiger partial charge is 0.327 e. The van der Waals surface area contributed by atoms with E-state index in [4.69, 9.17) is 4.74 Å². The molecule has 116 valence electrons. The number of nitro benzene ring substituents is 1. The number of morpholine rings is 1. The number of rotatable bonds is 6. The molecule has 1 aliphatic rings. The lowest BCUT2D eigenvalue weighted by molar-refractivity contribution is -0.386. The van der Waals surface area contributed by atoms with Crippen LogP contribution in [0.15, 0.2) is 12.1 Å². The van der Waals surface area contributed by atoms with E-state index in [1.807, 2.05) is 0 Å². The Kier molecular flexibility index (Phi) is 5.40. The number of nitro groups is 1. The molecule has 1 fully saturated rings. The summed E-state index contributed by atoms with van der Waals surface area (Å²) in [5.41, 5.74) is -0.845. The molecule has 1 aromatic rings. The Labute approximate surface area is 120 Å². The summed E-state index contributed by atoms with van der Waals surface area (Å²) < 4.78 is 31.8. The van der Waals surface area contributed by atoms with Gasteiger partial charge in [-0.25, -0.2) is 4.39 Å². The molecule has 1 aromatic carbocycles. The summed E-state index contributed by atoms with van der Waals surface area (Å²) in [5, 5.41) is 13.6. The molecule has 1 saturated heterocycles. The molecule has 1 N–H and O–H groups in total. The zero-order valence-electron chi connectivity index (χ0n) is 11.5. The zero-order chi connectivity index (χ0) is 15.2. The summed E-state index contributed by atoms with van der Waals surface area (Å²) in [5.74, 6) is -2.01. The van der Waals surface area contributed by atoms with Crippen LogP contribution in [-0.4, -0.2) is 49.2 Å². The predicted molar refractivity (Wildman–Crippen MR) is 73.4 cm³/mol. The number of hydrogen-bond acceptors (Lipinski definition) is 5. The van der Waals surface area contributed by atoms with Crippen molar-refractivity contribution < 1.29 is 18.4 Å². The molecule has 0 bridgehead atoms. The van der Waals surface area contributed by atoms with Crippen LogP contribution in [0.25, 0.3) is 0 Å². The van der Waals surface area contributed by atoms with E-state index >= 15 is 0 Å². The van der Waals surface area contributed by atoms with Crippen LogP contribution in [0.5, 0.6) is 0 Å². The molecule has 1 aliphatic heterocycles. The van der Waals surface area contributed by atoms with E-state index in [9.17, 15) is 18.9 Å². The van der Waals surface area contributed by atoms with Gasteiger partial charge in [-0.3, -0.25) is 15.0 Å². The van der Waals surface area contributed by atoms with Crippen LogP contribution < -0.4 is 5.32 Å². The average molecular weight is 301 g/mol. The van der Waals surface area contributed by atoms with Crippen LogP contribution in [-0.2, 0) is 4.74 Å².